The van der Waals surface area contributed by atoms with Gasteiger partial charge in [0.05, 0.1) is 9.75 Å². The van der Waals surface area contributed by atoms with Crippen molar-refractivity contribution < 1.29 is 23.9 Å². The average Bonchev–Trinajstić information content (AvgIpc) is 3.29. The monoisotopic (exact) mass is 383 g/mol. The fourth-order valence-corrected chi connectivity index (χ4v) is 4.90. The Hall–Kier alpha value is -2.07. The Morgan fingerprint density at radius 2 is 2.20 bits per heavy atom. The minimum absolute atomic E-state index is 0.0675. The number of carbonyl (C=O) groups is 4. The number of hydrogen-bond donors (Lipinski definition) is 2. The lowest BCUT2D eigenvalue weighted by molar-refractivity contribution is -0.156. The number of thioether (sulfide) groups is 1. The van der Waals surface area contributed by atoms with Crippen molar-refractivity contribution >= 4 is 46.8 Å². The van der Waals surface area contributed by atoms with Gasteiger partial charge in [-0.15, -0.1) is 23.1 Å². The third kappa shape index (κ3) is 3.64. The van der Waals surface area contributed by atoms with E-state index < -0.39 is 30.4 Å². The van der Waals surface area contributed by atoms with Crippen molar-refractivity contribution in [3.05, 3.63) is 22.4 Å². The van der Waals surface area contributed by atoms with Gasteiger partial charge in [-0.25, -0.2) is 4.79 Å². The predicted molar refractivity (Wildman–Crippen MR) is 91.6 cm³/mol. The zero-order valence-electron chi connectivity index (χ0n) is 13.4. The molecule has 0 aromatic carbocycles. The van der Waals surface area contributed by atoms with E-state index in [4.69, 9.17) is 4.74 Å². The molecule has 0 bridgehead atoms. The lowest BCUT2D eigenvalue weighted by atomic mass is 10.2. The fraction of sp³-hybridized carbons (Fsp3) is 0.467. The zero-order valence-corrected chi connectivity index (χ0v) is 15.1. The van der Waals surface area contributed by atoms with Crippen molar-refractivity contribution in [3.63, 3.8) is 0 Å². The van der Waals surface area contributed by atoms with Gasteiger partial charge >= 0.3 is 5.97 Å². The van der Waals surface area contributed by atoms with Gasteiger partial charge in [0.2, 0.25) is 5.91 Å². The van der Waals surface area contributed by atoms with E-state index in [2.05, 4.69) is 10.9 Å². The zero-order chi connectivity index (χ0) is 18.0. The van der Waals surface area contributed by atoms with E-state index >= 15 is 0 Å². The van der Waals surface area contributed by atoms with Crippen LogP contribution in [0.25, 0.3) is 0 Å². The van der Waals surface area contributed by atoms with Crippen LogP contribution in [-0.2, 0) is 19.1 Å². The minimum Gasteiger partial charge on any atom is -0.454 e. The molecule has 2 atom stereocenters. The highest BCUT2D eigenvalue weighted by atomic mass is 32.2. The van der Waals surface area contributed by atoms with Gasteiger partial charge in [0.15, 0.2) is 6.61 Å². The molecule has 2 saturated heterocycles. The highest BCUT2D eigenvalue weighted by Gasteiger charge is 2.53. The maximum atomic E-state index is 12.2. The summed E-state index contributed by atoms with van der Waals surface area (Å²) in [4.78, 5) is 49.2. The molecule has 0 aliphatic carbocycles. The number of esters is 1. The van der Waals surface area contributed by atoms with E-state index in [-0.39, 0.29) is 10.8 Å². The van der Waals surface area contributed by atoms with Crippen molar-refractivity contribution in [3.8, 4) is 0 Å². The minimum atomic E-state index is -0.668. The van der Waals surface area contributed by atoms with E-state index in [9.17, 15) is 19.2 Å². The SMILES string of the molecule is C[C@]12CCC(=O)N1[C@H](C(=O)OCC(=O)NNC(=O)c1cccs1)CS2. The van der Waals surface area contributed by atoms with Crippen LogP contribution in [0.5, 0.6) is 0 Å². The summed E-state index contributed by atoms with van der Waals surface area (Å²) in [6.07, 6.45) is 1.12. The number of thiophene rings is 1. The van der Waals surface area contributed by atoms with Gasteiger partial charge in [-0.1, -0.05) is 6.07 Å². The summed E-state index contributed by atoms with van der Waals surface area (Å²) in [5, 5.41) is 1.74. The van der Waals surface area contributed by atoms with E-state index in [1.807, 2.05) is 6.92 Å². The normalized spacial score (nSPS) is 24.8. The second-order valence-electron chi connectivity index (χ2n) is 5.85. The molecule has 2 aliphatic rings. The Balaban J connectivity index is 1.45. The average molecular weight is 383 g/mol. The van der Waals surface area contributed by atoms with Crippen molar-refractivity contribution in [2.75, 3.05) is 12.4 Å². The molecule has 1 aromatic heterocycles. The van der Waals surface area contributed by atoms with Gasteiger partial charge in [0.1, 0.15) is 6.04 Å². The van der Waals surface area contributed by atoms with Crippen LogP contribution in [0.4, 0.5) is 0 Å². The molecule has 0 spiro atoms. The maximum Gasteiger partial charge on any atom is 0.330 e. The number of hydrogen-bond acceptors (Lipinski definition) is 7. The Morgan fingerprint density at radius 3 is 2.92 bits per heavy atom. The molecule has 1 aromatic rings. The highest BCUT2D eigenvalue weighted by Crippen LogP contribution is 2.47. The van der Waals surface area contributed by atoms with Crippen molar-refractivity contribution in [1.29, 1.82) is 0 Å². The predicted octanol–water partition coefficient (Wildman–Crippen LogP) is 0.506. The van der Waals surface area contributed by atoms with Crippen LogP contribution in [0.1, 0.15) is 29.4 Å². The van der Waals surface area contributed by atoms with Crippen LogP contribution >= 0.6 is 23.1 Å². The first-order valence-electron chi connectivity index (χ1n) is 7.66. The highest BCUT2D eigenvalue weighted by molar-refractivity contribution is 8.01. The third-order valence-electron chi connectivity index (χ3n) is 4.12. The van der Waals surface area contributed by atoms with Crippen LogP contribution in [-0.4, -0.2) is 51.9 Å². The quantitative estimate of drug-likeness (QED) is 0.580. The van der Waals surface area contributed by atoms with Crippen LogP contribution < -0.4 is 10.9 Å². The van der Waals surface area contributed by atoms with Gasteiger partial charge in [-0.3, -0.25) is 25.2 Å². The molecule has 3 rings (SSSR count). The molecule has 8 nitrogen and oxygen atoms in total. The molecular formula is C15H17N3O5S2. The largest absolute Gasteiger partial charge is 0.454 e. The van der Waals surface area contributed by atoms with Crippen molar-refractivity contribution in [2.45, 2.75) is 30.7 Å². The number of nitrogens with one attached hydrogen (secondary N) is 2. The molecule has 134 valence electrons. The molecule has 0 saturated carbocycles. The lowest BCUT2D eigenvalue weighted by Crippen LogP contribution is -2.48. The maximum absolute atomic E-state index is 12.2. The van der Waals surface area contributed by atoms with E-state index in [0.717, 1.165) is 0 Å². The lowest BCUT2D eigenvalue weighted by Gasteiger charge is -2.29. The van der Waals surface area contributed by atoms with Crippen LogP contribution in [0.2, 0.25) is 0 Å². The molecule has 10 heteroatoms. The molecular weight excluding hydrogens is 366 g/mol. The number of nitrogens with zero attached hydrogens (tertiary/aromatic N) is 1. The van der Waals surface area contributed by atoms with Crippen LogP contribution in [0, 0.1) is 0 Å². The van der Waals surface area contributed by atoms with Crippen LogP contribution in [0.15, 0.2) is 17.5 Å². The summed E-state index contributed by atoms with van der Waals surface area (Å²) in [7, 11) is 0. The van der Waals surface area contributed by atoms with Crippen LogP contribution in [0.3, 0.4) is 0 Å². The van der Waals surface area contributed by atoms with Crippen molar-refractivity contribution in [1.82, 2.24) is 15.8 Å². The first-order valence-corrected chi connectivity index (χ1v) is 9.53. The number of rotatable bonds is 4. The number of amides is 3. The molecule has 3 heterocycles. The van der Waals surface area contributed by atoms with Gasteiger partial charge in [0.25, 0.3) is 11.8 Å². The smallest absolute Gasteiger partial charge is 0.330 e. The van der Waals surface area contributed by atoms with Crippen molar-refractivity contribution in [2.24, 2.45) is 0 Å². The topological polar surface area (TPSA) is 105 Å². The first-order chi connectivity index (χ1) is 11.9. The second kappa shape index (κ2) is 7.04. The number of fused-ring (bicyclic) bond motifs is 1. The summed E-state index contributed by atoms with van der Waals surface area (Å²) in [6, 6.07) is 2.67. The molecule has 2 aliphatic heterocycles. The summed E-state index contributed by atoms with van der Waals surface area (Å²) >= 11 is 2.79. The Bertz CT molecular complexity index is 708. The molecule has 0 unspecified atom stereocenters. The standard InChI is InChI=1S/C15H17N3O5S2/c1-15-5-4-12(20)18(15)9(8-25-15)14(22)23-7-11(19)16-17-13(21)10-3-2-6-24-10/h2-3,6,9H,4-5,7-8H2,1H3,(H,16,19)(H,17,21)/t9-,15-/m0/s1. The van der Waals surface area contributed by atoms with Gasteiger partial charge in [-0.05, 0) is 24.8 Å². The molecule has 3 amide bonds. The third-order valence-corrected chi connectivity index (χ3v) is 6.50. The first kappa shape index (κ1) is 17.7. The van der Waals surface area contributed by atoms with E-state index in [1.54, 1.807) is 34.2 Å². The summed E-state index contributed by atoms with van der Waals surface area (Å²) in [5.41, 5.74) is 4.42. The number of ether oxygens (including phenoxy) is 1. The molecule has 2 N–H and O–H groups in total. The Morgan fingerprint density at radius 1 is 1.40 bits per heavy atom. The Kier molecular flexibility index (Phi) is 5.00. The van der Waals surface area contributed by atoms with E-state index in [1.165, 1.54) is 11.3 Å². The Labute approximate surface area is 152 Å². The molecule has 25 heavy (non-hydrogen) atoms. The fourth-order valence-electron chi connectivity index (χ4n) is 2.86. The van der Waals surface area contributed by atoms with Gasteiger partial charge in [-0.2, -0.15) is 0 Å². The van der Waals surface area contributed by atoms with Gasteiger partial charge in [0, 0.05) is 12.2 Å². The second-order valence-corrected chi connectivity index (χ2v) is 8.30. The molecule has 0 radical (unpaired) electrons. The number of carbonyl (C=O) groups excluding carboxylic acids is 4. The molecule has 2 fully saturated rings. The van der Waals surface area contributed by atoms with E-state index in [0.29, 0.717) is 23.5 Å². The summed E-state index contributed by atoms with van der Waals surface area (Å²) < 4.78 is 5.01. The van der Waals surface area contributed by atoms with Gasteiger partial charge < -0.3 is 9.64 Å². The summed E-state index contributed by atoms with van der Waals surface area (Å²) in [5.74, 6) is -1.31. The number of hydrazine groups is 1. The summed E-state index contributed by atoms with van der Waals surface area (Å²) in [6.45, 7) is 1.41.